The fourth-order valence-corrected chi connectivity index (χ4v) is 2.83. The van der Waals surface area contributed by atoms with Crippen molar-refractivity contribution in [3.8, 4) is 11.5 Å². The largest absolute Gasteiger partial charge is 0.436 e. The van der Waals surface area contributed by atoms with E-state index in [1.165, 1.54) is 0 Å². The quantitative estimate of drug-likeness (QED) is 0.613. The molecule has 0 saturated heterocycles. The van der Waals surface area contributed by atoms with Crippen molar-refractivity contribution in [1.29, 1.82) is 0 Å². The molecule has 3 rings (SSSR count). The maximum Gasteiger partial charge on any atom is 0.229 e. The molecule has 0 spiro atoms. The Kier molecular flexibility index (Phi) is 3.28. The van der Waals surface area contributed by atoms with Crippen LogP contribution >= 0.6 is 34.8 Å². The zero-order valence-electron chi connectivity index (χ0n) is 10.4. The molecule has 0 aliphatic carbocycles. The monoisotopic (exact) mass is 326 g/mol. The van der Waals surface area contributed by atoms with Gasteiger partial charge in [-0.1, -0.05) is 34.8 Å². The van der Waals surface area contributed by atoms with Crippen LogP contribution in [0.3, 0.4) is 0 Å². The van der Waals surface area contributed by atoms with Gasteiger partial charge in [-0.15, -0.1) is 0 Å². The van der Waals surface area contributed by atoms with Gasteiger partial charge < -0.3 is 10.2 Å². The molecule has 3 aromatic rings. The highest BCUT2D eigenvalue weighted by Crippen LogP contribution is 2.39. The highest BCUT2D eigenvalue weighted by molar-refractivity contribution is 6.38. The van der Waals surface area contributed by atoms with E-state index in [4.69, 9.17) is 45.0 Å². The number of hydrogen-bond donors (Lipinski definition) is 1. The van der Waals surface area contributed by atoms with Crippen molar-refractivity contribution in [1.82, 2.24) is 4.98 Å². The summed E-state index contributed by atoms with van der Waals surface area (Å²) in [7, 11) is 0. The number of aromatic nitrogens is 1. The van der Waals surface area contributed by atoms with E-state index < -0.39 is 0 Å². The summed E-state index contributed by atoms with van der Waals surface area (Å²) in [5.74, 6) is 0.396. The van der Waals surface area contributed by atoms with Crippen molar-refractivity contribution in [2.75, 3.05) is 5.73 Å². The second-order valence-corrected chi connectivity index (χ2v) is 5.64. The number of nitrogens with two attached hydrogens (primary N) is 1. The van der Waals surface area contributed by atoms with Crippen LogP contribution in [0.2, 0.25) is 15.1 Å². The topological polar surface area (TPSA) is 52.0 Å². The predicted octanol–water partition coefficient (Wildman–Crippen LogP) is 5.35. The zero-order chi connectivity index (χ0) is 14.4. The third kappa shape index (κ3) is 2.12. The average molecular weight is 328 g/mol. The number of oxazole rings is 1. The van der Waals surface area contributed by atoms with E-state index >= 15 is 0 Å². The first-order valence-electron chi connectivity index (χ1n) is 5.78. The molecule has 6 heteroatoms. The first-order valence-corrected chi connectivity index (χ1v) is 6.91. The number of hydrogen-bond acceptors (Lipinski definition) is 3. The Hall–Kier alpha value is -1.42. The van der Waals surface area contributed by atoms with Crippen molar-refractivity contribution in [2.24, 2.45) is 0 Å². The van der Waals surface area contributed by atoms with E-state index in [9.17, 15) is 0 Å². The Labute approximate surface area is 130 Å². The van der Waals surface area contributed by atoms with Crippen molar-refractivity contribution < 1.29 is 4.42 Å². The fraction of sp³-hybridized carbons (Fsp3) is 0.0714. The van der Waals surface area contributed by atoms with Gasteiger partial charge >= 0.3 is 0 Å². The minimum Gasteiger partial charge on any atom is -0.436 e. The average Bonchev–Trinajstić information content (AvgIpc) is 2.78. The van der Waals surface area contributed by atoms with Gasteiger partial charge in [-0.3, -0.25) is 0 Å². The minimum absolute atomic E-state index is 0.396. The number of nitrogen functional groups attached to an aromatic ring is 1. The molecule has 3 nitrogen and oxygen atoms in total. The molecule has 102 valence electrons. The van der Waals surface area contributed by atoms with Crippen molar-refractivity contribution in [2.45, 2.75) is 6.92 Å². The van der Waals surface area contributed by atoms with Crippen LogP contribution in [0.15, 0.2) is 28.7 Å². The summed E-state index contributed by atoms with van der Waals surface area (Å²) >= 11 is 18.2. The van der Waals surface area contributed by atoms with Gasteiger partial charge in [0.05, 0.1) is 21.3 Å². The molecule has 0 fully saturated rings. The number of fused-ring (bicyclic) bond motifs is 1. The normalized spacial score (nSPS) is 11.2. The Bertz CT molecular complexity index is 827. The molecule has 0 atom stereocenters. The van der Waals surface area contributed by atoms with E-state index in [0.717, 1.165) is 5.56 Å². The third-order valence-corrected chi connectivity index (χ3v) is 3.94. The number of halogens is 3. The van der Waals surface area contributed by atoms with Gasteiger partial charge in [0.25, 0.3) is 0 Å². The van der Waals surface area contributed by atoms with E-state index in [2.05, 4.69) is 4.98 Å². The molecule has 0 aliphatic rings. The molecule has 0 radical (unpaired) electrons. The summed E-state index contributed by atoms with van der Waals surface area (Å²) in [5, 5.41) is 1.45. The Morgan fingerprint density at radius 3 is 2.60 bits per heavy atom. The highest BCUT2D eigenvalue weighted by atomic mass is 35.5. The lowest BCUT2D eigenvalue weighted by Crippen LogP contribution is -1.95. The van der Waals surface area contributed by atoms with Crippen molar-refractivity contribution >= 4 is 51.6 Å². The van der Waals surface area contributed by atoms with Gasteiger partial charge in [0.2, 0.25) is 5.89 Å². The maximum absolute atomic E-state index is 6.23. The van der Waals surface area contributed by atoms with Crippen LogP contribution < -0.4 is 5.73 Å². The molecule has 0 amide bonds. The smallest absolute Gasteiger partial charge is 0.229 e. The lowest BCUT2D eigenvalue weighted by atomic mass is 10.1. The van der Waals surface area contributed by atoms with Crippen molar-refractivity contribution in [3.63, 3.8) is 0 Å². The first-order chi connectivity index (χ1) is 9.47. The van der Waals surface area contributed by atoms with Gasteiger partial charge in [-0.05, 0) is 36.8 Å². The van der Waals surface area contributed by atoms with Crippen LogP contribution in [0.4, 0.5) is 5.69 Å². The highest BCUT2D eigenvalue weighted by Gasteiger charge is 2.18. The van der Waals surface area contributed by atoms with Crippen molar-refractivity contribution in [3.05, 3.63) is 44.9 Å². The molecule has 2 aromatic carbocycles. The summed E-state index contributed by atoms with van der Waals surface area (Å²) in [4.78, 5) is 4.40. The molecule has 0 aliphatic heterocycles. The molecule has 0 bridgehead atoms. The van der Waals surface area contributed by atoms with Gasteiger partial charge in [-0.25, -0.2) is 4.98 Å². The van der Waals surface area contributed by atoms with Crippen LogP contribution in [-0.2, 0) is 0 Å². The van der Waals surface area contributed by atoms with E-state index in [1.54, 1.807) is 24.3 Å². The molecular weight excluding hydrogens is 319 g/mol. The zero-order valence-corrected chi connectivity index (χ0v) is 12.6. The van der Waals surface area contributed by atoms with Crippen LogP contribution in [0.1, 0.15) is 5.56 Å². The Balaban J connectivity index is 2.28. The molecule has 1 aromatic heterocycles. The van der Waals surface area contributed by atoms with Gasteiger partial charge in [0.15, 0.2) is 5.58 Å². The fourth-order valence-electron chi connectivity index (χ4n) is 2.02. The van der Waals surface area contributed by atoms with E-state index in [1.807, 2.05) is 6.92 Å². The molecular formula is C14H9Cl3N2O. The number of rotatable bonds is 1. The number of nitrogens with zero attached hydrogens (tertiary/aromatic N) is 1. The minimum atomic E-state index is 0.396. The molecule has 0 unspecified atom stereocenters. The van der Waals surface area contributed by atoms with E-state index in [-0.39, 0.29) is 0 Å². The summed E-state index contributed by atoms with van der Waals surface area (Å²) in [6.45, 7) is 1.82. The summed E-state index contributed by atoms with van der Waals surface area (Å²) in [6.07, 6.45) is 0. The van der Waals surface area contributed by atoms with Gasteiger partial charge in [0.1, 0.15) is 5.52 Å². The van der Waals surface area contributed by atoms with Gasteiger partial charge in [0, 0.05) is 5.02 Å². The Morgan fingerprint density at radius 2 is 1.85 bits per heavy atom. The summed E-state index contributed by atoms with van der Waals surface area (Å²) in [5.41, 5.74) is 9.06. The Morgan fingerprint density at radius 1 is 1.10 bits per heavy atom. The molecule has 1 heterocycles. The van der Waals surface area contributed by atoms with E-state index in [0.29, 0.717) is 43.3 Å². The lowest BCUT2D eigenvalue weighted by Gasteiger charge is -2.09. The maximum atomic E-state index is 6.23. The molecule has 2 N–H and O–H groups in total. The second-order valence-electron chi connectivity index (χ2n) is 4.38. The standard InChI is InChI=1S/C14H9Cl3N2O/c1-6-12(8(16)5-9(17)13(6)18)14-19-10-4-7(15)2-3-11(10)20-14/h2-5H,18H2,1H3. The van der Waals surface area contributed by atoms with Gasteiger partial charge in [-0.2, -0.15) is 0 Å². The summed E-state index contributed by atoms with van der Waals surface area (Å²) in [6, 6.07) is 6.81. The van der Waals surface area contributed by atoms with Crippen LogP contribution in [0, 0.1) is 6.92 Å². The second kappa shape index (κ2) is 4.85. The van der Waals surface area contributed by atoms with Crippen LogP contribution in [-0.4, -0.2) is 4.98 Å². The number of anilines is 1. The van der Waals surface area contributed by atoms with Crippen LogP contribution in [0.5, 0.6) is 0 Å². The third-order valence-electron chi connectivity index (χ3n) is 3.09. The molecule has 20 heavy (non-hydrogen) atoms. The summed E-state index contributed by atoms with van der Waals surface area (Å²) < 4.78 is 5.71. The molecule has 0 saturated carbocycles. The number of benzene rings is 2. The lowest BCUT2D eigenvalue weighted by molar-refractivity contribution is 0.619. The predicted molar refractivity (Wildman–Crippen MR) is 83.6 cm³/mol. The SMILES string of the molecule is Cc1c(N)c(Cl)cc(Cl)c1-c1nc2cc(Cl)ccc2o1. The van der Waals surface area contributed by atoms with Crippen LogP contribution in [0.25, 0.3) is 22.6 Å². The first kappa shape index (κ1) is 13.6.